The zero-order valence-electron chi connectivity index (χ0n) is 24.7. The van der Waals surface area contributed by atoms with Gasteiger partial charge in [0.1, 0.15) is 5.75 Å². The molecule has 0 saturated heterocycles. The number of hydrogen-bond donors (Lipinski definition) is 1. The van der Waals surface area contributed by atoms with Crippen LogP contribution >= 0.6 is 0 Å². The monoisotopic (exact) mass is 626 g/mol. The van der Waals surface area contributed by atoms with Crippen molar-refractivity contribution >= 4 is 16.1 Å². The van der Waals surface area contributed by atoms with Gasteiger partial charge in [0, 0.05) is 6.42 Å². The molecule has 0 saturated carbocycles. The largest absolute Gasteiger partial charge is 0.438 e. The first kappa shape index (κ1) is 40.0. The number of esters is 1. The standard InChI is InChI=1S/C29H52F6O5S/c1-2-3-4-5-6-7-8-9-10-11-12-13-14-15-16-17-18-19-20-21-22-23-24-26(36)40-27(28(30,31)32,29(33,34)35)25-41(37,38)39/h2-25H2,1H3,(H,37,38,39). The molecule has 1 N–H and O–H groups in total. The van der Waals surface area contributed by atoms with E-state index in [9.17, 15) is 39.6 Å². The first-order chi connectivity index (χ1) is 19.2. The number of unbranched alkanes of at least 4 members (excludes halogenated alkanes) is 21. The molecule has 246 valence electrons. The Hall–Kier alpha value is -1.04. The molecule has 12 heteroatoms. The molecular weight excluding hydrogens is 574 g/mol. The molecule has 0 aromatic rings. The fraction of sp³-hybridized carbons (Fsp3) is 0.966. The van der Waals surface area contributed by atoms with Gasteiger partial charge in [0.15, 0.2) is 0 Å². The summed E-state index contributed by atoms with van der Waals surface area (Å²) >= 11 is 0. The molecule has 0 aliphatic heterocycles. The quantitative estimate of drug-likeness (QED) is 0.0447. The Bertz CT molecular complexity index is 755. The predicted octanol–water partition coefficient (Wildman–Crippen LogP) is 10.3. The average Bonchev–Trinajstić information content (AvgIpc) is 2.84. The van der Waals surface area contributed by atoms with Crippen LogP contribution in [0.1, 0.15) is 155 Å². The molecule has 0 radical (unpaired) electrons. The maximum absolute atomic E-state index is 13.2. The lowest BCUT2D eigenvalue weighted by molar-refractivity contribution is -0.361. The molecule has 0 aliphatic carbocycles. The van der Waals surface area contributed by atoms with Crippen molar-refractivity contribution in [1.82, 2.24) is 0 Å². The van der Waals surface area contributed by atoms with Crippen molar-refractivity contribution in [2.75, 3.05) is 5.75 Å². The van der Waals surface area contributed by atoms with Gasteiger partial charge in [0.25, 0.3) is 10.1 Å². The van der Waals surface area contributed by atoms with Crippen molar-refractivity contribution in [2.45, 2.75) is 173 Å². The van der Waals surface area contributed by atoms with E-state index in [1.165, 1.54) is 96.3 Å². The van der Waals surface area contributed by atoms with E-state index in [1.54, 1.807) is 0 Å². The molecule has 0 aliphatic rings. The zero-order chi connectivity index (χ0) is 31.3. The lowest BCUT2D eigenvalue weighted by Gasteiger charge is -2.35. The van der Waals surface area contributed by atoms with E-state index in [2.05, 4.69) is 11.7 Å². The van der Waals surface area contributed by atoms with Crippen molar-refractivity contribution < 1.29 is 48.8 Å². The lowest BCUT2D eigenvalue weighted by Crippen LogP contribution is -2.63. The second kappa shape index (κ2) is 21.6. The highest BCUT2D eigenvalue weighted by Gasteiger charge is 2.75. The van der Waals surface area contributed by atoms with Crippen LogP contribution < -0.4 is 0 Å². The first-order valence-electron chi connectivity index (χ1n) is 15.5. The molecule has 0 rings (SSSR count). The Kier molecular flexibility index (Phi) is 21.1. The van der Waals surface area contributed by atoms with E-state index in [4.69, 9.17) is 4.55 Å². The van der Waals surface area contributed by atoms with E-state index in [0.717, 1.165) is 25.7 Å². The molecule has 0 heterocycles. The smallest absolute Gasteiger partial charge is 0.438 e. The van der Waals surface area contributed by atoms with Crippen LogP contribution in [0.25, 0.3) is 0 Å². The Morgan fingerprint density at radius 3 is 1.07 bits per heavy atom. The summed E-state index contributed by atoms with van der Waals surface area (Å²) in [5.41, 5.74) is -5.32. The molecule has 0 spiro atoms. The van der Waals surface area contributed by atoms with Crippen LogP contribution in [0.15, 0.2) is 0 Å². The highest BCUT2D eigenvalue weighted by molar-refractivity contribution is 7.85. The second-order valence-electron chi connectivity index (χ2n) is 11.2. The summed E-state index contributed by atoms with van der Waals surface area (Å²) in [5.74, 6) is -4.67. The third-order valence-electron chi connectivity index (χ3n) is 7.32. The van der Waals surface area contributed by atoms with Crippen LogP contribution in [0.5, 0.6) is 0 Å². The van der Waals surface area contributed by atoms with Crippen molar-refractivity contribution in [1.29, 1.82) is 0 Å². The van der Waals surface area contributed by atoms with E-state index in [0.29, 0.717) is 12.8 Å². The van der Waals surface area contributed by atoms with Gasteiger partial charge in [-0.3, -0.25) is 9.35 Å². The summed E-state index contributed by atoms with van der Waals surface area (Å²) < 4.78 is 113. The number of carbonyl (C=O) groups excluding carboxylic acids is 1. The number of alkyl halides is 6. The SMILES string of the molecule is CCCCCCCCCCCCCCCCCCCCCCCCC(=O)OC(CS(=O)(=O)O)(C(F)(F)F)C(F)(F)F. The Morgan fingerprint density at radius 1 is 0.561 bits per heavy atom. The minimum atomic E-state index is -6.29. The van der Waals surface area contributed by atoms with Gasteiger partial charge in [-0.25, -0.2) is 0 Å². The zero-order valence-corrected chi connectivity index (χ0v) is 25.5. The number of rotatable bonds is 26. The van der Waals surface area contributed by atoms with Crippen LogP contribution in [0.4, 0.5) is 26.3 Å². The predicted molar refractivity (Wildman–Crippen MR) is 149 cm³/mol. The van der Waals surface area contributed by atoms with E-state index < -0.39 is 46.2 Å². The molecule has 0 bridgehead atoms. The molecule has 0 fully saturated rings. The number of ether oxygens (including phenoxy) is 1. The highest BCUT2D eigenvalue weighted by atomic mass is 32.2. The van der Waals surface area contributed by atoms with Crippen LogP contribution in [-0.4, -0.2) is 42.6 Å². The fourth-order valence-corrected chi connectivity index (χ4v) is 5.75. The summed E-state index contributed by atoms with van der Waals surface area (Å²) in [5, 5.41) is 0. The topological polar surface area (TPSA) is 80.7 Å². The van der Waals surface area contributed by atoms with Crippen molar-refractivity contribution in [3.05, 3.63) is 0 Å². The van der Waals surface area contributed by atoms with E-state index in [-0.39, 0.29) is 6.42 Å². The number of carbonyl (C=O) groups is 1. The second-order valence-corrected chi connectivity index (χ2v) is 12.6. The van der Waals surface area contributed by atoms with Crippen LogP contribution in [0.3, 0.4) is 0 Å². The Morgan fingerprint density at radius 2 is 0.829 bits per heavy atom. The van der Waals surface area contributed by atoms with Crippen molar-refractivity contribution in [3.63, 3.8) is 0 Å². The van der Waals surface area contributed by atoms with Gasteiger partial charge in [-0.1, -0.05) is 142 Å². The summed E-state index contributed by atoms with van der Waals surface area (Å²) in [4.78, 5) is 11.7. The van der Waals surface area contributed by atoms with E-state index >= 15 is 0 Å². The van der Waals surface area contributed by atoms with Crippen LogP contribution in [0, 0.1) is 0 Å². The molecule has 0 aromatic heterocycles. The third-order valence-corrected chi connectivity index (χ3v) is 8.10. The van der Waals surface area contributed by atoms with Crippen LogP contribution in [0.2, 0.25) is 0 Å². The fourth-order valence-electron chi connectivity index (χ4n) is 4.85. The van der Waals surface area contributed by atoms with Gasteiger partial charge in [-0.05, 0) is 6.42 Å². The molecule has 0 atom stereocenters. The first-order valence-corrected chi connectivity index (χ1v) is 17.1. The Labute approximate surface area is 243 Å². The summed E-state index contributed by atoms with van der Waals surface area (Å²) in [6, 6.07) is 0. The van der Waals surface area contributed by atoms with Crippen LogP contribution in [-0.2, 0) is 19.6 Å². The summed E-state index contributed by atoms with van der Waals surface area (Å²) in [7, 11) is -5.77. The van der Waals surface area contributed by atoms with Crippen molar-refractivity contribution in [2.24, 2.45) is 0 Å². The molecular formula is C29H52F6O5S. The number of hydrogen-bond acceptors (Lipinski definition) is 4. The van der Waals surface area contributed by atoms with Gasteiger partial charge >= 0.3 is 23.9 Å². The normalized spacial score (nSPS) is 13.1. The molecule has 41 heavy (non-hydrogen) atoms. The van der Waals surface area contributed by atoms with Gasteiger partial charge in [0.05, 0.1) is 0 Å². The Balaban J connectivity index is 3.81. The maximum atomic E-state index is 13.2. The summed E-state index contributed by atoms with van der Waals surface area (Å²) in [6.07, 6.45) is 11.5. The number of halogens is 6. The molecule has 0 aromatic carbocycles. The minimum absolute atomic E-state index is 0.00947. The lowest BCUT2D eigenvalue weighted by atomic mass is 10.0. The highest BCUT2D eigenvalue weighted by Crippen LogP contribution is 2.47. The van der Waals surface area contributed by atoms with Gasteiger partial charge < -0.3 is 4.74 Å². The summed E-state index contributed by atoms with van der Waals surface area (Å²) in [6.45, 7) is 2.24. The van der Waals surface area contributed by atoms with Gasteiger partial charge in [0.2, 0.25) is 0 Å². The maximum Gasteiger partial charge on any atom is 0.438 e. The molecule has 0 amide bonds. The van der Waals surface area contributed by atoms with E-state index in [1.807, 2.05) is 0 Å². The third kappa shape index (κ3) is 19.7. The average molecular weight is 627 g/mol. The van der Waals surface area contributed by atoms with Gasteiger partial charge in [-0.15, -0.1) is 0 Å². The van der Waals surface area contributed by atoms with Gasteiger partial charge in [-0.2, -0.15) is 34.8 Å². The minimum Gasteiger partial charge on any atom is -0.438 e. The molecule has 0 unspecified atom stereocenters. The van der Waals surface area contributed by atoms with Crippen molar-refractivity contribution in [3.8, 4) is 0 Å². The molecule has 5 nitrogen and oxygen atoms in total.